The molecule has 125 heavy (non-hydrogen) atoms. The zero-order valence-corrected chi connectivity index (χ0v) is 70.4. The number of rotatable bonds is 14. The van der Waals surface area contributed by atoms with Crippen LogP contribution in [0.3, 0.4) is 0 Å². The zero-order valence-electron chi connectivity index (χ0n) is 70.4. The van der Waals surface area contributed by atoms with E-state index in [0.29, 0.717) is 42.0 Å². The van der Waals surface area contributed by atoms with E-state index in [-0.39, 0.29) is 37.6 Å². The molecule has 1 saturated carbocycles. The molecule has 6 aliphatic rings. The minimum Gasteiger partial charge on any atom is -0.446 e. The molecular weight excluding hydrogens is 1550 g/mol. The molecule has 2 aromatic heterocycles. The van der Waals surface area contributed by atoms with Crippen LogP contribution in [-0.4, -0.2) is 77.8 Å². The first kappa shape index (κ1) is 88.9. The number of nitrogen functional groups attached to an aromatic ring is 4. The molecule has 2 amide bonds. The topological polar surface area (TPSA) is 308 Å². The van der Waals surface area contributed by atoms with Gasteiger partial charge < -0.3 is 43.0 Å². The molecule has 2 aliphatic heterocycles. The lowest BCUT2D eigenvalue weighted by molar-refractivity contribution is 0.0577. The Balaban J connectivity index is 0.000000137. The molecule has 0 bridgehead atoms. The number of ether oxygens (including phenoxy) is 2. The van der Waals surface area contributed by atoms with Crippen LogP contribution in [0.25, 0.3) is 45.3 Å². The third kappa shape index (κ3) is 25.4. The average molecular weight is 1660 g/mol. The quantitative estimate of drug-likeness (QED) is 0.0436. The Labute approximate surface area is 735 Å². The molecule has 20 nitrogen and oxygen atoms in total. The molecule has 1 fully saturated rings. The maximum atomic E-state index is 13.0. The number of fused-ring (bicyclic) bond motifs is 3. The molecular formula is C105H114N16O4. The number of carbonyl (C=O) groups is 2. The molecule has 4 aliphatic carbocycles. The van der Waals surface area contributed by atoms with Gasteiger partial charge in [0.15, 0.2) is 0 Å². The minimum atomic E-state index is -0.404. The summed E-state index contributed by atoms with van der Waals surface area (Å²) in [5.41, 5.74) is 47.0. The van der Waals surface area contributed by atoms with Crippen molar-refractivity contribution in [3.63, 3.8) is 0 Å². The molecule has 12 aromatic rings. The third-order valence-corrected chi connectivity index (χ3v) is 23.0. The van der Waals surface area contributed by atoms with Crippen molar-refractivity contribution in [3.8, 4) is 45.3 Å². The van der Waals surface area contributed by atoms with E-state index in [9.17, 15) is 9.59 Å². The smallest absolute Gasteiger partial charge is 0.407 e. The van der Waals surface area contributed by atoms with E-state index in [1.807, 2.05) is 206 Å². The van der Waals surface area contributed by atoms with Crippen molar-refractivity contribution in [2.24, 2.45) is 38.2 Å². The number of carbonyl (C=O) groups excluding carboxylic acids is 2. The summed E-state index contributed by atoms with van der Waals surface area (Å²) in [6.07, 6.45) is 29.1. The first-order valence-electron chi connectivity index (χ1n) is 43.8. The Hall–Kier alpha value is -13.9. The molecule has 20 heteroatoms. The lowest BCUT2D eigenvalue weighted by Crippen LogP contribution is -2.45. The third-order valence-electron chi connectivity index (χ3n) is 23.0. The number of nitrogens with zero attached hydrogens (tertiary/aromatic N) is 10. The van der Waals surface area contributed by atoms with Gasteiger partial charge in [0, 0.05) is 87.0 Å². The van der Waals surface area contributed by atoms with Crippen LogP contribution in [-0.2, 0) is 35.4 Å². The first-order chi connectivity index (χ1) is 61.0. The van der Waals surface area contributed by atoms with Gasteiger partial charge in [-0.05, 0) is 183 Å². The van der Waals surface area contributed by atoms with Gasteiger partial charge in [0.05, 0.1) is 34.2 Å². The number of anilines is 4. The number of amides is 2. The normalized spacial score (nSPS) is 18.0. The highest BCUT2D eigenvalue weighted by Gasteiger charge is 2.43. The number of benzene rings is 10. The Morgan fingerprint density at radius 3 is 1.35 bits per heavy atom. The van der Waals surface area contributed by atoms with Crippen molar-refractivity contribution in [2.75, 3.05) is 22.9 Å². The summed E-state index contributed by atoms with van der Waals surface area (Å²) in [5.74, 6) is 1.27. The van der Waals surface area contributed by atoms with Gasteiger partial charge in [0.2, 0.25) is 11.6 Å². The second kappa shape index (κ2) is 46.4. The number of nitrogens with one attached hydrogen (secondary N) is 2. The molecule has 10 aromatic carbocycles. The van der Waals surface area contributed by atoms with Crippen molar-refractivity contribution < 1.29 is 19.1 Å². The molecule has 638 valence electrons. The summed E-state index contributed by atoms with van der Waals surface area (Å²) in [6, 6.07) is 91.5. The van der Waals surface area contributed by atoms with Crippen LogP contribution in [0.15, 0.2) is 323 Å². The highest BCUT2D eigenvalue weighted by molar-refractivity contribution is 6.20. The van der Waals surface area contributed by atoms with E-state index in [4.69, 9.17) is 42.6 Å². The van der Waals surface area contributed by atoms with Crippen molar-refractivity contribution >= 4 is 57.8 Å². The molecule has 0 saturated heterocycles. The Morgan fingerprint density at radius 1 is 0.352 bits per heavy atom. The molecule has 5 unspecified atom stereocenters. The molecule has 4 heterocycles. The van der Waals surface area contributed by atoms with Gasteiger partial charge in [-0.1, -0.05) is 295 Å². The van der Waals surface area contributed by atoms with Crippen LogP contribution in [0.4, 0.5) is 32.3 Å². The molecule has 0 spiro atoms. The SMILES string of the molecule is C.Nc1cccc(-c2nnc(-c3ccccc3)c3c2CCCCCC3)c1.Nc1cccc(-c2nnc(-c3ccccc3)nn2)c1.Nc1cccc(C2=NN=C(c3ccccc3)C3CCCCCC(OC(=O)NCc4ccccc4)C23)c1.Nc1cccc(C2=NN=C(c3ccccc3)C3CCCCCC=C23)c1.O=C(NCc1ccccc1)OC1/C=C/CCCCC1. The van der Waals surface area contributed by atoms with Gasteiger partial charge in [-0.25, -0.2) is 9.59 Å². The predicted molar refractivity (Wildman–Crippen MR) is 508 cm³/mol. The van der Waals surface area contributed by atoms with E-state index in [2.05, 4.69) is 136 Å². The zero-order chi connectivity index (χ0) is 85.3. The van der Waals surface area contributed by atoms with E-state index in [0.717, 1.165) is 173 Å². The van der Waals surface area contributed by atoms with Crippen LogP contribution < -0.4 is 33.6 Å². The number of nitrogens with two attached hydrogens (primary N) is 4. The summed E-state index contributed by atoms with van der Waals surface area (Å²) < 4.78 is 11.6. The highest BCUT2D eigenvalue weighted by Crippen LogP contribution is 2.41. The lowest BCUT2D eigenvalue weighted by atomic mass is 9.71. The van der Waals surface area contributed by atoms with Crippen molar-refractivity contribution in [1.29, 1.82) is 0 Å². The lowest BCUT2D eigenvalue weighted by Gasteiger charge is -2.38. The van der Waals surface area contributed by atoms with Gasteiger partial charge in [0.1, 0.15) is 12.2 Å². The summed E-state index contributed by atoms with van der Waals surface area (Å²) in [7, 11) is 0. The van der Waals surface area contributed by atoms with E-state index >= 15 is 0 Å². The largest absolute Gasteiger partial charge is 0.446 e. The van der Waals surface area contributed by atoms with Gasteiger partial charge in [0.25, 0.3) is 0 Å². The van der Waals surface area contributed by atoms with Gasteiger partial charge in [-0.15, -0.1) is 35.7 Å². The number of hydrogen-bond acceptors (Lipinski definition) is 18. The summed E-state index contributed by atoms with van der Waals surface area (Å²) in [4.78, 5) is 24.7. The van der Waals surface area contributed by atoms with E-state index in [1.54, 1.807) is 6.07 Å². The van der Waals surface area contributed by atoms with Gasteiger partial charge in [-0.2, -0.15) is 15.3 Å². The number of aromatic nitrogens is 6. The maximum Gasteiger partial charge on any atom is 0.407 e. The predicted octanol–water partition coefficient (Wildman–Crippen LogP) is 22.6. The molecule has 18 rings (SSSR count). The minimum absolute atomic E-state index is 0. The fourth-order valence-electron chi connectivity index (χ4n) is 16.8. The van der Waals surface area contributed by atoms with Crippen LogP contribution >= 0.6 is 0 Å². The van der Waals surface area contributed by atoms with Gasteiger partial charge in [-0.3, -0.25) is 0 Å². The second-order valence-corrected chi connectivity index (χ2v) is 31.9. The second-order valence-electron chi connectivity index (χ2n) is 31.9. The Bertz CT molecular complexity index is 5640. The summed E-state index contributed by atoms with van der Waals surface area (Å²) in [5, 5.41) is 50.2. The van der Waals surface area contributed by atoms with Crippen LogP contribution in [0.1, 0.15) is 174 Å². The standard InChI is InChI=1S/C30H32N4O2.2C22H23N3.C16H21NO2.C14H11N5.CH4/c31-24-16-10-15-23(19-24)29-27-25(28(33-34-29)22-13-6-2-7-14-22)17-8-3-9-18-26(27)36-30(35)32-20-21-11-4-1-5-12-21;2*23-18-12-8-11-17(15-18)22-20-14-7-2-1-6-13-19(20)21(24-25-22)16-9-4-3-5-10-16;18-16(17-13-14-9-5-4-6-10-14)19-15-11-7-2-1-3-8-12-15;15-12-8-4-7-11(9-12)14-18-16-13(17-19-14)10-5-2-1-3-6-10;/h1-2,4-7,10-16,19,25-27H,3,8-9,17-18,20,31H2,(H,32,35);3-5,8-12,15H,1-2,6-7,13-14,23H2;3-5,8-12,14-15,19H,1-2,6-7,13,23H2;4-7,9-11,15H,1-3,8,12-13H2,(H,17,18);1-9H,15H2;1H4/b;;;11-7+;;. The Morgan fingerprint density at radius 2 is 0.768 bits per heavy atom. The maximum absolute atomic E-state index is 13.0. The molecule has 0 radical (unpaired) electrons. The Kier molecular flexibility index (Phi) is 33.0. The van der Waals surface area contributed by atoms with E-state index in [1.165, 1.54) is 80.1 Å². The highest BCUT2D eigenvalue weighted by atomic mass is 16.6. The fraction of sp³-hybridized carbons (Fsp3) is 0.276. The van der Waals surface area contributed by atoms with Crippen LogP contribution in [0.5, 0.6) is 0 Å². The van der Waals surface area contributed by atoms with Crippen LogP contribution in [0.2, 0.25) is 0 Å². The van der Waals surface area contributed by atoms with E-state index < -0.39 is 6.09 Å². The average Bonchev–Trinajstić information content (AvgIpc) is 0.573. The molecule has 10 N–H and O–H groups in total. The van der Waals surface area contributed by atoms with Crippen LogP contribution in [0, 0.1) is 17.8 Å². The first-order valence-corrected chi connectivity index (χ1v) is 43.8. The van der Waals surface area contributed by atoms with Gasteiger partial charge >= 0.3 is 12.2 Å². The van der Waals surface area contributed by atoms with Crippen molar-refractivity contribution in [1.82, 2.24) is 41.2 Å². The summed E-state index contributed by atoms with van der Waals surface area (Å²) in [6.45, 7) is 0.934. The monoisotopic (exact) mass is 1660 g/mol. The fourth-order valence-corrected chi connectivity index (χ4v) is 16.8. The number of alkyl carbamates (subject to hydrolysis) is 2. The number of hydrogen-bond donors (Lipinski definition) is 6. The summed E-state index contributed by atoms with van der Waals surface area (Å²) >= 11 is 0. The van der Waals surface area contributed by atoms with Crippen molar-refractivity contribution in [2.45, 2.75) is 168 Å². The van der Waals surface area contributed by atoms with Crippen molar-refractivity contribution in [3.05, 3.63) is 347 Å². The molecule has 5 atom stereocenters. The number of allylic oxidation sites excluding steroid dienone is 3.